The highest BCUT2D eigenvalue weighted by Gasteiger charge is 2.02. The average molecular weight is 284 g/mol. The van der Waals surface area contributed by atoms with Crippen molar-refractivity contribution >= 4 is 21.9 Å². The Morgan fingerprint density at radius 2 is 2.38 bits per heavy atom. The van der Waals surface area contributed by atoms with E-state index in [-0.39, 0.29) is 5.96 Å². The van der Waals surface area contributed by atoms with E-state index in [0.717, 1.165) is 15.8 Å². The van der Waals surface area contributed by atoms with Gasteiger partial charge in [0.1, 0.15) is 12.4 Å². The van der Waals surface area contributed by atoms with Gasteiger partial charge in [0.05, 0.1) is 4.47 Å². The Hall–Kier alpha value is -1.49. The summed E-state index contributed by atoms with van der Waals surface area (Å²) in [6, 6.07) is 5.71. The van der Waals surface area contributed by atoms with Gasteiger partial charge in [-0.1, -0.05) is 18.7 Å². The van der Waals surface area contributed by atoms with Gasteiger partial charge in [0.2, 0.25) is 0 Å². The molecule has 0 radical (unpaired) electrons. The topological polar surface area (TPSA) is 71.1 Å². The third kappa shape index (κ3) is 3.94. The highest BCUT2D eigenvalue weighted by atomic mass is 79.9. The average Bonchev–Trinajstić information content (AvgIpc) is 2.25. The molecule has 0 saturated heterocycles. The van der Waals surface area contributed by atoms with E-state index in [1.165, 1.54) is 0 Å². The van der Waals surface area contributed by atoms with Gasteiger partial charge in [-0.15, -0.1) is 0 Å². The number of ether oxygens (including phenoxy) is 1. The monoisotopic (exact) mass is 283 g/mol. The van der Waals surface area contributed by atoms with Crippen LogP contribution in [0.25, 0.3) is 0 Å². The lowest BCUT2D eigenvalue weighted by Gasteiger charge is -2.08. The summed E-state index contributed by atoms with van der Waals surface area (Å²) in [5.41, 5.74) is 6.22. The lowest BCUT2D eigenvalue weighted by molar-refractivity contribution is 0.361. The van der Waals surface area contributed by atoms with Gasteiger partial charge in [0.15, 0.2) is 5.96 Å². The molecule has 1 rings (SSSR count). The fourth-order valence-corrected chi connectivity index (χ4v) is 1.66. The first-order valence-electron chi connectivity index (χ1n) is 4.73. The highest BCUT2D eigenvalue weighted by Crippen LogP contribution is 2.25. The predicted molar refractivity (Wildman–Crippen MR) is 68.6 cm³/mol. The molecule has 16 heavy (non-hydrogen) atoms. The Bertz CT molecular complexity index is 393. The molecule has 0 atom stereocenters. The van der Waals surface area contributed by atoms with Gasteiger partial charge in [-0.05, 0) is 33.6 Å². The molecule has 4 nitrogen and oxygen atoms in total. The molecule has 0 aromatic heterocycles. The number of hydrogen-bond acceptors (Lipinski definition) is 2. The summed E-state index contributed by atoms with van der Waals surface area (Å²) < 4.78 is 6.29. The minimum absolute atomic E-state index is 0.0388. The second-order valence-electron chi connectivity index (χ2n) is 3.13. The largest absolute Gasteiger partial charge is 0.488 e. The fourth-order valence-electron chi connectivity index (χ4n) is 1.12. The van der Waals surface area contributed by atoms with E-state index in [4.69, 9.17) is 15.9 Å². The molecule has 0 bridgehead atoms. The van der Waals surface area contributed by atoms with E-state index < -0.39 is 0 Å². The molecule has 0 amide bonds. The van der Waals surface area contributed by atoms with E-state index >= 15 is 0 Å². The Labute approximate surface area is 103 Å². The highest BCUT2D eigenvalue weighted by molar-refractivity contribution is 9.10. The number of guanidine groups is 1. The Morgan fingerprint density at radius 3 is 2.94 bits per heavy atom. The summed E-state index contributed by atoms with van der Waals surface area (Å²) in [5, 5.41) is 9.78. The van der Waals surface area contributed by atoms with Crippen molar-refractivity contribution in [1.82, 2.24) is 5.32 Å². The first kappa shape index (κ1) is 12.6. The molecule has 0 heterocycles. The molecule has 0 aliphatic carbocycles. The van der Waals surface area contributed by atoms with Crippen LogP contribution in [0.2, 0.25) is 0 Å². The Morgan fingerprint density at radius 1 is 1.62 bits per heavy atom. The molecule has 5 heteroatoms. The van der Waals surface area contributed by atoms with Gasteiger partial charge in [-0.3, -0.25) is 5.41 Å². The molecule has 0 aliphatic rings. The van der Waals surface area contributed by atoms with Gasteiger partial charge in [0.25, 0.3) is 0 Å². The molecule has 86 valence electrons. The third-order valence-corrected chi connectivity index (χ3v) is 2.46. The molecule has 4 N–H and O–H groups in total. The summed E-state index contributed by atoms with van der Waals surface area (Å²) in [5.74, 6) is 0.731. The molecule has 0 spiro atoms. The molecule has 0 unspecified atom stereocenters. The Balaban J connectivity index is 2.66. The molecule has 1 aromatic carbocycles. The zero-order chi connectivity index (χ0) is 12.0. The van der Waals surface area contributed by atoms with Gasteiger partial charge in [-0.25, -0.2) is 0 Å². The minimum atomic E-state index is -0.0388. The lowest BCUT2D eigenvalue weighted by Crippen LogP contribution is -2.29. The minimum Gasteiger partial charge on any atom is -0.488 e. The molecular formula is C11H14BrN3O. The van der Waals surface area contributed by atoms with Crippen LogP contribution < -0.4 is 15.8 Å². The summed E-state index contributed by atoms with van der Waals surface area (Å²) in [4.78, 5) is 0. The number of benzene rings is 1. The van der Waals surface area contributed by atoms with Crippen LogP contribution in [0.3, 0.4) is 0 Å². The van der Waals surface area contributed by atoms with Crippen LogP contribution in [0.1, 0.15) is 5.56 Å². The van der Waals surface area contributed by atoms with E-state index in [1.54, 1.807) is 6.08 Å². The van der Waals surface area contributed by atoms with Gasteiger partial charge in [-0.2, -0.15) is 0 Å². The number of rotatable bonds is 5. The Kier molecular flexibility index (Phi) is 4.85. The first-order chi connectivity index (χ1) is 7.63. The normalized spacial score (nSPS) is 9.56. The number of nitrogens with two attached hydrogens (primary N) is 1. The summed E-state index contributed by atoms with van der Waals surface area (Å²) in [6.07, 6.45) is 1.69. The van der Waals surface area contributed by atoms with Crippen molar-refractivity contribution in [2.45, 2.75) is 6.54 Å². The van der Waals surface area contributed by atoms with Crippen molar-refractivity contribution in [3.63, 3.8) is 0 Å². The summed E-state index contributed by atoms with van der Waals surface area (Å²) >= 11 is 3.41. The van der Waals surface area contributed by atoms with E-state index in [1.807, 2.05) is 18.2 Å². The van der Waals surface area contributed by atoms with Crippen LogP contribution in [0, 0.1) is 5.41 Å². The second-order valence-corrected chi connectivity index (χ2v) is 3.99. The van der Waals surface area contributed by atoms with Crippen LogP contribution in [0.4, 0.5) is 0 Å². The molecule has 1 aromatic rings. The van der Waals surface area contributed by atoms with Crippen LogP contribution in [0.15, 0.2) is 35.3 Å². The standard InChI is InChI=1S/C11H14BrN3O/c1-2-5-16-10-4-3-8(6-9(10)12)7-15-11(13)14/h2-4,6H,1,5,7H2,(H4,13,14,15). The maximum Gasteiger partial charge on any atom is 0.185 e. The van der Waals surface area contributed by atoms with Crippen molar-refractivity contribution in [3.05, 3.63) is 40.9 Å². The first-order valence-corrected chi connectivity index (χ1v) is 5.53. The van der Waals surface area contributed by atoms with Gasteiger partial charge >= 0.3 is 0 Å². The smallest absolute Gasteiger partial charge is 0.185 e. The van der Waals surface area contributed by atoms with Crippen LogP contribution in [-0.4, -0.2) is 12.6 Å². The predicted octanol–water partition coefficient (Wildman–Crippen LogP) is 2.00. The number of nitrogens with one attached hydrogen (secondary N) is 2. The number of halogens is 1. The molecule has 0 saturated carbocycles. The summed E-state index contributed by atoms with van der Waals surface area (Å²) in [6.45, 7) is 4.58. The second kappa shape index (κ2) is 6.17. The van der Waals surface area contributed by atoms with Gasteiger partial charge < -0.3 is 15.8 Å². The van der Waals surface area contributed by atoms with Crippen LogP contribution in [0.5, 0.6) is 5.75 Å². The van der Waals surface area contributed by atoms with Crippen molar-refractivity contribution in [2.75, 3.05) is 6.61 Å². The zero-order valence-electron chi connectivity index (χ0n) is 8.79. The molecular weight excluding hydrogens is 270 g/mol. The fraction of sp³-hybridized carbons (Fsp3) is 0.182. The lowest BCUT2D eigenvalue weighted by atomic mass is 10.2. The summed E-state index contributed by atoms with van der Waals surface area (Å²) in [7, 11) is 0. The van der Waals surface area contributed by atoms with Crippen molar-refractivity contribution in [2.24, 2.45) is 5.73 Å². The molecule has 0 fully saturated rings. The van der Waals surface area contributed by atoms with Crippen LogP contribution in [-0.2, 0) is 6.54 Å². The number of hydrogen-bond donors (Lipinski definition) is 3. The van der Waals surface area contributed by atoms with E-state index in [9.17, 15) is 0 Å². The maximum atomic E-state index is 7.05. The third-order valence-electron chi connectivity index (χ3n) is 1.84. The van der Waals surface area contributed by atoms with Crippen LogP contribution >= 0.6 is 15.9 Å². The maximum absolute atomic E-state index is 7.05. The van der Waals surface area contributed by atoms with E-state index in [2.05, 4.69) is 27.8 Å². The van der Waals surface area contributed by atoms with E-state index in [0.29, 0.717) is 13.2 Å². The van der Waals surface area contributed by atoms with Crippen molar-refractivity contribution in [3.8, 4) is 5.75 Å². The molecule has 0 aliphatic heterocycles. The SMILES string of the molecule is C=CCOc1ccc(CNC(=N)N)cc1Br. The zero-order valence-corrected chi connectivity index (χ0v) is 10.4. The quantitative estimate of drug-likeness (QED) is 0.440. The van der Waals surface area contributed by atoms with Crippen molar-refractivity contribution in [1.29, 1.82) is 5.41 Å². The van der Waals surface area contributed by atoms with Crippen molar-refractivity contribution < 1.29 is 4.74 Å². The van der Waals surface area contributed by atoms with Gasteiger partial charge in [0, 0.05) is 6.54 Å².